The van der Waals surface area contributed by atoms with Crippen molar-refractivity contribution in [1.29, 1.82) is 0 Å². The Kier molecular flexibility index (Phi) is 6.64. The van der Waals surface area contributed by atoms with E-state index in [9.17, 15) is 13.8 Å². The van der Waals surface area contributed by atoms with Gasteiger partial charge < -0.3 is 5.32 Å². The van der Waals surface area contributed by atoms with Gasteiger partial charge in [0.05, 0.1) is 0 Å². The summed E-state index contributed by atoms with van der Waals surface area (Å²) >= 11 is 0. The summed E-state index contributed by atoms with van der Waals surface area (Å²) in [5, 5.41) is 7.58. The molecule has 0 radical (unpaired) electrons. The highest BCUT2D eigenvalue weighted by molar-refractivity contribution is 7.76. The maximum atomic E-state index is 14.5. The molecule has 160 valence electrons. The third-order valence-corrected chi connectivity index (χ3v) is 8.41. The molecular weight excluding hydrogens is 410 g/mol. The number of amides is 1. The standard InChI is InChI=1S/C25H26FN2O2P/c26-16-17-27-25(29)23-18-22(23)24(19-10-4-1-5-11-19)28-31(30,20-12-6-2-7-13-20)21-14-8-3-9-15-21/h1-15,22-24H,16-18H2,(H,27,29)(H,28,30)/t22-,23+,24-/m1/s1. The number of rotatable bonds is 9. The number of carbonyl (C=O) groups excluding carboxylic acids is 1. The van der Waals surface area contributed by atoms with Gasteiger partial charge in [-0.05, 0) is 42.2 Å². The van der Waals surface area contributed by atoms with E-state index < -0.39 is 14.0 Å². The molecule has 31 heavy (non-hydrogen) atoms. The Hall–Kier alpha value is -2.75. The minimum Gasteiger partial charge on any atom is -0.353 e. The first kappa shape index (κ1) is 21.5. The lowest BCUT2D eigenvalue weighted by molar-refractivity contribution is -0.122. The molecule has 1 amide bonds. The number of carbonyl (C=O) groups is 1. The average molecular weight is 436 g/mol. The van der Waals surface area contributed by atoms with Crippen molar-refractivity contribution in [2.75, 3.05) is 13.2 Å². The molecule has 0 aromatic heterocycles. The fourth-order valence-electron chi connectivity index (χ4n) is 4.03. The Labute approximate surface area is 182 Å². The highest BCUT2D eigenvalue weighted by Crippen LogP contribution is 2.52. The molecule has 2 N–H and O–H groups in total. The quantitative estimate of drug-likeness (QED) is 0.499. The van der Waals surface area contributed by atoms with Gasteiger partial charge in [-0.25, -0.2) is 4.39 Å². The largest absolute Gasteiger partial charge is 0.353 e. The molecule has 0 heterocycles. The second-order valence-corrected chi connectivity index (χ2v) is 10.3. The maximum Gasteiger partial charge on any atom is 0.223 e. The lowest BCUT2D eigenvalue weighted by atomic mass is 10.0. The van der Waals surface area contributed by atoms with Crippen LogP contribution in [0.15, 0.2) is 91.0 Å². The molecule has 1 fully saturated rings. The zero-order valence-electron chi connectivity index (χ0n) is 17.2. The number of halogens is 1. The molecule has 1 saturated carbocycles. The smallest absolute Gasteiger partial charge is 0.223 e. The maximum absolute atomic E-state index is 14.5. The van der Waals surface area contributed by atoms with Crippen LogP contribution in [0.2, 0.25) is 0 Å². The molecule has 6 heteroatoms. The van der Waals surface area contributed by atoms with E-state index in [4.69, 9.17) is 0 Å². The van der Waals surface area contributed by atoms with Gasteiger partial charge in [-0.15, -0.1) is 0 Å². The summed E-state index contributed by atoms with van der Waals surface area (Å²) in [5.41, 5.74) is 0.986. The molecule has 0 spiro atoms. The van der Waals surface area contributed by atoms with Gasteiger partial charge in [-0.1, -0.05) is 66.7 Å². The van der Waals surface area contributed by atoms with Gasteiger partial charge in [-0.3, -0.25) is 14.4 Å². The highest BCUT2D eigenvalue weighted by Gasteiger charge is 2.49. The van der Waals surface area contributed by atoms with E-state index in [1.165, 1.54) is 0 Å². The fourth-order valence-corrected chi connectivity index (χ4v) is 6.55. The Bertz CT molecular complexity index is 1000. The van der Waals surface area contributed by atoms with Crippen molar-refractivity contribution >= 4 is 23.8 Å². The van der Waals surface area contributed by atoms with Crippen LogP contribution in [-0.4, -0.2) is 19.1 Å². The van der Waals surface area contributed by atoms with Crippen LogP contribution in [0.5, 0.6) is 0 Å². The normalized spacial score (nSPS) is 18.9. The minimum atomic E-state index is -3.18. The third kappa shape index (κ3) is 4.79. The van der Waals surface area contributed by atoms with Crippen LogP contribution in [0.3, 0.4) is 0 Å². The number of benzene rings is 3. The van der Waals surface area contributed by atoms with Crippen molar-refractivity contribution in [3.05, 3.63) is 96.6 Å². The molecule has 0 bridgehead atoms. The average Bonchev–Trinajstić information content (AvgIpc) is 3.63. The van der Waals surface area contributed by atoms with Crippen molar-refractivity contribution in [3.63, 3.8) is 0 Å². The first-order valence-corrected chi connectivity index (χ1v) is 12.2. The first-order chi connectivity index (χ1) is 15.1. The monoisotopic (exact) mass is 436 g/mol. The van der Waals surface area contributed by atoms with Gasteiger partial charge in [0.1, 0.15) is 6.67 Å². The molecule has 1 aliphatic rings. The van der Waals surface area contributed by atoms with E-state index in [1.807, 2.05) is 91.0 Å². The summed E-state index contributed by atoms with van der Waals surface area (Å²) in [7, 11) is -3.18. The SMILES string of the molecule is O=C(NCCF)[C@H]1C[C@H]1[C@H](NP(=O)(c1ccccc1)c1ccccc1)c1ccccc1. The number of hydrogen-bond donors (Lipinski definition) is 2. The molecule has 3 aromatic carbocycles. The van der Waals surface area contributed by atoms with Gasteiger partial charge >= 0.3 is 0 Å². The lowest BCUT2D eigenvalue weighted by Gasteiger charge is -2.28. The van der Waals surface area contributed by atoms with Crippen molar-refractivity contribution in [3.8, 4) is 0 Å². The molecule has 4 nitrogen and oxygen atoms in total. The zero-order valence-corrected chi connectivity index (χ0v) is 18.0. The number of hydrogen-bond acceptors (Lipinski definition) is 2. The summed E-state index contributed by atoms with van der Waals surface area (Å²) in [6.07, 6.45) is 0.675. The molecule has 1 aliphatic carbocycles. The summed E-state index contributed by atoms with van der Waals surface area (Å²) in [6.45, 7) is -0.557. The van der Waals surface area contributed by atoms with E-state index in [0.717, 1.165) is 16.2 Å². The van der Waals surface area contributed by atoms with Gasteiger partial charge in [0, 0.05) is 29.1 Å². The zero-order chi connectivity index (χ0) is 21.7. The molecule has 3 atom stereocenters. The molecular formula is C25H26FN2O2P. The predicted octanol–water partition coefficient (Wildman–Crippen LogP) is 3.97. The van der Waals surface area contributed by atoms with Crippen LogP contribution >= 0.6 is 7.29 Å². The third-order valence-electron chi connectivity index (χ3n) is 5.72. The number of nitrogens with one attached hydrogen (secondary N) is 2. The number of alkyl halides is 1. The van der Waals surface area contributed by atoms with Gasteiger partial charge in [0.15, 0.2) is 0 Å². The van der Waals surface area contributed by atoms with E-state index in [1.54, 1.807) is 0 Å². The van der Waals surface area contributed by atoms with Crippen LogP contribution in [0, 0.1) is 11.8 Å². The Morgan fingerprint density at radius 3 is 1.94 bits per heavy atom. The van der Waals surface area contributed by atoms with Crippen molar-refractivity contribution < 1.29 is 13.8 Å². The van der Waals surface area contributed by atoms with Crippen molar-refractivity contribution in [1.82, 2.24) is 10.4 Å². The van der Waals surface area contributed by atoms with E-state index in [-0.39, 0.29) is 30.3 Å². The molecule has 3 aromatic rings. The first-order valence-electron chi connectivity index (χ1n) is 10.5. The minimum absolute atomic E-state index is 0.0113. The Balaban J connectivity index is 1.70. The van der Waals surface area contributed by atoms with E-state index in [2.05, 4.69) is 10.4 Å². The second-order valence-electron chi connectivity index (χ2n) is 7.78. The second kappa shape index (κ2) is 9.59. The lowest BCUT2D eigenvalue weighted by Crippen LogP contribution is -2.33. The van der Waals surface area contributed by atoms with Crippen molar-refractivity contribution in [2.45, 2.75) is 12.5 Å². The van der Waals surface area contributed by atoms with Crippen LogP contribution in [-0.2, 0) is 9.36 Å². The topological polar surface area (TPSA) is 58.2 Å². The van der Waals surface area contributed by atoms with E-state index in [0.29, 0.717) is 6.42 Å². The summed E-state index contributed by atoms with van der Waals surface area (Å²) in [4.78, 5) is 12.4. The van der Waals surface area contributed by atoms with Crippen LogP contribution in [0.25, 0.3) is 0 Å². The van der Waals surface area contributed by atoms with Crippen LogP contribution < -0.4 is 21.0 Å². The molecule has 0 unspecified atom stereocenters. The Morgan fingerprint density at radius 2 is 1.42 bits per heavy atom. The van der Waals surface area contributed by atoms with Crippen molar-refractivity contribution in [2.24, 2.45) is 11.8 Å². The molecule has 4 rings (SSSR count). The van der Waals surface area contributed by atoms with Gasteiger partial charge in [0.2, 0.25) is 13.2 Å². The molecule has 0 aliphatic heterocycles. The van der Waals surface area contributed by atoms with Gasteiger partial charge in [0.25, 0.3) is 0 Å². The summed E-state index contributed by atoms with van der Waals surface area (Å²) in [5.74, 6) is -0.369. The molecule has 0 saturated heterocycles. The summed E-state index contributed by atoms with van der Waals surface area (Å²) < 4.78 is 27.0. The predicted molar refractivity (Wildman–Crippen MR) is 123 cm³/mol. The summed E-state index contributed by atoms with van der Waals surface area (Å²) in [6, 6.07) is 28.4. The Morgan fingerprint density at radius 1 is 0.903 bits per heavy atom. The fraction of sp³-hybridized carbons (Fsp3) is 0.240. The van der Waals surface area contributed by atoms with Crippen LogP contribution in [0.1, 0.15) is 18.0 Å². The van der Waals surface area contributed by atoms with Crippen LogP contribution in [0.4, 0.5) is 4.39 Å². The highest BCUT2D eigenvalue weighted by atomic mass is 31.2. The van der Waals surface area contributed by atoms with E-state index >= 15 is 0 Å². The van der Waals surface area contributed by atoms with Gasteiger partial charge in [-0.2, -0.15) is 0 Å².